The van der Waals surface area contributed by atoms with E-state index in [1.54, 1.807) is 0 Å². The molecule has 0 amide bonds. The summed E-state index contributed by atoms with van der Waals surface area (Å²) in [6, 6.07) is 17.3. The molecule has 0 saturated carbocycles. The van der Waals surface area contributed by atoms with E-state index >= 15 is 0 Å². The third-order valence-electron chi connectivity index (χ3n) is 4.33. The van der Waals surface area contributed by atoms with Crippen molar-refractivity contribution >= 4 is 0 Å². The highest BCUT2D eigenvalue weighted by molar-refractivity contribution is 5.38. The van der Waals surface area contributed by atoms with Gasteiger partial charge < -0.3 is 4.74 Å². The van der Waals surface area contributed by atoms with Crippen LogP contribution < -0.4 is 0 Å². The Hall–Kier alpha value is -2.28. The molecule has 0 atom stereocenters. The third kappa shape index (κ3) is 2.52. The lowest BCUT2D eigenvalue weighted by molar-refractivity contribution is 0.282. The maximum atomic E-state index is 6.17. The van der Waals surface area contributed by atoms with Crippen LogP contribution in [0.5, 0.6) is 0 Å². The largest absolute Gasteiger partial charge is 0.466 e. The minimum atomic E-state index is 0.912. The van der Waals surface area contributed by atoms with Crippen LogP contribution in [0.4, 0.5) is 0 Å². The second-order valence-corrected chi connectivity index (χ2v) is 5.74. The Balaban J connectivity index is 1.49. The maximum absolute atomic E-state index is 6.17. The van der Waals surface area contributed by atoms with Gasteiger partial charge in [-0.2, -0.15) is 0 Å². The Kier molecular flexibility index (Phi) is 3.11. The van der Waals surface area contributed by atoms with Crippen LogP contribution in [0, 0.1) is 0 Å². The molecule has 104 valence electrons. The van der Waals surface area contributed by atoms with E-state index in [0.29, 0.717) is 0 Å². The Bertz CT molecular complexity index is 674. The first-order valence-electron chi connectivity index (χ1n) is 7.58. The van der Waals surface area contributed by atoms with Crippen LogP contribution >= 0.6 is 0 Å². The SMILES string of the molecule is C1=C(OC2=CCc3ccccc3C2)Cc2ccccc2C1. The molecule has 0 aliphatic heterocycles. The Morgan fingerprint density at radius 3 is 1.48 bits per heavy atom. The van der Waals surface area contributed by atoms with E-state index in [1.165, 1.54) is 22.3 Å². The van der Waals surface area contributed by atoms with Crippen LogP contribution in [0.3, 0.4) is 0 Å². The van der Waals surface area contributed by atoms with E-state index < -0.39 is 0 Å². The van der Waals surface area contributed by atoms with Gasteiger partial charge in [0.25, 0.3) is 0 Å². The molecule has 2 aromatic carbocycles. The van der Waals surface area contributed by atoms with Crippen LogP contribution in [0.2, 0.25) is 0 Å². The summed E-state index contributed by atoms with van der Waals surface area (Å²) in [6.07, 6.45) is 8.24. The predicted octanol–water partition coefficient (Wildman–Crippen LogP) is 4.37. The van der Waals surface area contributed by atoms with Gasteiger partial charge in [-0.25, -0.2) is 0 Å². The first-order valence-corrected chi connectivity index (χ1v) is 7.58. The minimum Gasteiger partial charge on any atom is -0.466 e. The lowest BCUT2D eigenvalue weighted by atomic mass is 9.94. The summed E-state index contributed by atoms with van der Waals surface area (Å²) in [7, 11) is 0. The molecule has 0 saturated heterocycles. The van der Waals surface area contributed by atoms with Crippen molar-refractivity contribution in [2.45, 2.75) is 25.7 Å². The average Bonchev–Trinajstić information content (AvgIpc) is 2.55. The monoisotopic (exact) mass is 274 g/mol. The lowest BCUT2D eigenvalue weighted by Crippen LogP contribution is -2.09. The van der Waals surface area contributed by atoms with Gasteiger partial charge in [-0.05, 0) is 47.2 Å². The van der Waals surface area contributed by atoms with Gasteiger partial charge in [0.05, 0.1) is 0 Å². The molecule has 1 heteroatoms. The van der Waals surface area contributed by atoms with Crippen molar-refractivity contribution in [3.63, 3.8) is 0 Å². The zero-order valence-corrected chi connectivity index (χ0v) is 12.0. The van der Waals surface area contributed by atoms with E-state index in [9.17, 15) is 0 Å². The zero-order chi connectivity index (χ0) is 14.1. The molecule has 0 aromatic heterocycles. The summed E-state index contributed by atoms with van der Waals surface area (Å²) in [4.78, 5) is 0. The van der Waals surface area contributed by atoms with Crippen molar-refractivity contribution in [3.8, 4) is 0 Å². The molecule has 0 bridgehead atoms. The molecule has 4 rings (SSSR count). The fourth-order valence-corrected chi connectivity index (χ4v) is 3.15. The summed E-state index contributed by atoms with van der Waals surface area (Å²) in [5, 5.41) is 0. The van der Waals surface area contributed by atoms with Crippen LogP contribution in [0.25, 0.3) is 0 Å². The summed E-state index contributed by atoms with van der Waals surface area (Å²) in [6.45, 7) is 0. The second-order valence-electron chi connectivity index (χ2n) is 5.74. The zero-order valence-electron chi connectivity index (χ0n) is 12.0. The fourth-order valence-electron chi connectivity index (χ4n) is 3.15. The maximum Gasteiger partial charge on any atom is 0.104 e. The van der Waals surface area contributed by atoms with Crippen molar-refractivity contribution in [2.24, 2.45) is 0 Å². The first kappa shape index (κ1) is 12.5. The molecule has 2 aromatic rings. The van der Waals surface area contributed by atoms with Crippen LogP contribution in [-0.2, 0) is 30.4 Å². The van der Waals surface area contributed by atoms with Gasteiger partial charge in [0.15, 0.2) is 0 Å². The van der Waals surface area contributed by atoms with Crippen molar-refractivity contribution in [1.29, 1.82) is 0 Å². The summed E-state index contributed by atoms with van der Waals surface area (Å²) in [5.74, 6) is 2.19. The number of allylic oxidation sites excluding steroid dienone is 4. The van der Waals surface area contributed by atoms with Crippen LogP contribution in [-0.4, -0.2) is 0 Å². The lowest BCUT2D eigenvalue weighted by Gasteiger charge is -2.22. The van der Waals surface area contributed by atoms with Gasteiger partial charge in [-0.3, -0.25) is 0 Å². The van der Waals surface area contributed by atoms with E-state index in [4.69, 9.17) is 4.74 Å². The van der Waals surface area contributed by atoms with Crippen molar-refractivity contribution in [1.82, 2.24) is 0 Å². The molecule has 2 aliphatic rings. The van der Waals surface area contributed by atoms with Gasteiger partial charge in [0.2, 0.25) is 0 Å². The molecule has 1 nitrogen and oxygen atoms in total. The van der Waals surface area contributed by atoms with Gasteiger partial charge in [0, 0.05) is 12.8 Å². The molecule has 0 N–H and O–H groups in total. The van der Waals surface area contributed by atoms with Crippen LogP contribution in [0.1, 0.15) is 22.3 Å². The Morgan fingerprint density at radius 2 is 1.00 bits per heavy atom. The van der Waals surface area contributed by atoms with Crippen molar-refractivity contribution in [3.05, 3.63) is 94.5 Å². The summed E-state index contributed by atoms with van der Waals surface area (Å²) < 4.78 is 6.17. The molecule has 0 fully saturated rings. The van der Waals surface area contributed by atoms with Gasteiger partial charge in [0.1, 0.15) is 11.5 Å². The Labute approximate surface area is 125 Å². The third-order valence-corrected chi connectivity index (χ3v) is 4.33. The van der Waals surface area contributed by atoms with Gasteiger partial charge in [-0.15, -0.1) is 0 Å². The molecule has 0 spiro atoms. The quantitative estimate of drug-likeness (QED) is 0.790. The molecule has 0 unspecified atom stereocenters. The fraction of sp³-hybridized carbons (Fsp3) is 0.200. The molecule has 0 radical (unpaired) electrons. The van der Waals surface area contributed by atoms with Crippen molar-refractivity contribution < 1.29 is 4.74 Å². The van der Waals surface area contributed by atoms with Crippen LogP contribution in [0.15, 0.2) is 72.2 Å². The molecular weight excluding hydrogens is 256 g/mol. The number of rotatable bonds is 2. The normalized spacial score (nSPS) is 16.4. The predicted molar refractivity (Wildman–Crippen MR) is 85.0 cm³/mol. The van der Waals surface area contributed by atoms with Gasteiger partial charge >= 0.3 is 0 Å². The highest BCUT2D eigenvalue weighted by Gasteiger charge is 2.16. The molecular formula is C20H18O. The standard InChI is InChI=1S/C20H18O/c1-3-7-17-13-19(11-9-15(17)5-1)21-20-12-10-16-6-2-4-8-18(16)14-20/h1-8,11-12H,9-10,13-14H2. The second kappa shape index (κ2) is 5.25. The molecule has 21 heavy (non-hydrogen) atoms. The number of benzene rings is 2. The number of hydrogen-bond acceptors (Lipinski definition) is 1. The highest BCUT2D eigenvalue weighted by atomic mass is 16.5. The molecule has 2 aliphatic carbocycles. The molecule has 0 heterocycles. The number of fused-ring (bicyclic) bond motifs is 2. The summed E-state index contributed by atoms with van der Waals surface area (Å²) >= 11 is 0. The Morgan fingerprint density at radius 1 is 0.571 bits per heavy atom. The average molecular weight is 274 g/mol. The topological polar surface area (TPSA) is 9.23 Å². The van der Waals surface area contributed by atoms with E-state index in [0.717, 1.165) is 37.2 Å². The van der Waals surface area contributed by atoms with E-state index in [2.05, 4.69) is 60.7 Å². The first-order chi connectivity index (χ1) is 10.4. The van der Waals surface area contributed by atoms with E-state index in [1.807, 2.05) is 0 Å². The van der Waals surface area contributed by atoms with Crippen molar-refractivity contribution in [2.75, 3.05) is 0 Å². The smallest absolute Gasteiger partial charge is 0.104 e. The summed E-state index contributed by atoms with van der Waals surface area (Å²) in [5.41, 5.74) is 5.64. The number of ether oxygens (including phenoxy) is 1. The van der Waals surface area contributed by atoms with Gasteiger partial charge in [-0.1, -0.05) is 48.5 Å². The minimum absolute atomic E-state index is 0.912. The van der Waals surface area contributed by atoms with E-state index in [-0.39, 0.29) is 0 Å². The highest BCUT2D eigenvalue weighted by Crippen LogP contribution is 2.27. The number of hydrogen-bond donors (Lipinski definition) is 0.